The standard InChI is InChI=1S/C26H37F3O4.C4H6O2/c1-19(16-30)25(32)33-18-22(17-31)6-5-21-9-13-24(14-10-21)23-11-7-20(8-12-23)4-2-3-15-26(27,28)29;1-4(2-5)3-6/h7-8,11-12,21-22,24,30-31H,1-6,9-10,13-18H2;2,6H,1,3H2. The number of aryl methyl sites for hydroxylation is 1. The van der Waals surface area contributed by atoms with Crippen LogP contribution in [-0.2, 0) is 20.7 Å². The van der Waals surface area contributed by atoms with Crippen molar-refractivity contribution in [2.75, 3.05) is 26.4 Å². The molecule has 1 aromatic rings. The molecule has 39 heavy (non-hydrogen) atoms. The van der Waals surface area contributed by atoms with Gasteiger partial charge in [-0.05, 0) is 80.8 Å². The van der Waals surface area contributed by atoms with Crippen LogP contribution in [-0.4, -0.2) is 60.2 Å². The number of aliphatic hydroxyl groups is 3. The number of carbonyl (C=O) groups excluding carboxylic acids is 2. The molecule has 0 bridgehead atoms. The van der Waals surface area contributed by atoms with Gasteiger partial charge in [-0.3, -0.25) is 4.79 Å². The summed E-state index contributed by atoms with van der Waals surface area (Å²) in [5, 5.41) is 26.5. The van der Waals surface area contributed by atoms with E-state index in [-0.39, 0.29) is 43.3 Å². The minimum absolute atomic E-state index is 0.0134. The Morgan fingerprint density at radius 3 is 2.15 bits per heavy atom. The molecule has 220 valence electrons. The van der Waals surface area contributed by atoms with Crippen molar-refractivity contribution in [1.29, 1.82) is 0 Å². The van der Waals surface area contributed by atoms with E-state index in [1.54, 1.807) is 0 Å². The van der Waals surface area contributed by atoms with E-state index in [0.717, 1.165) is 44.1 Å². The second-order valence-electron chi connectivity index (χ2n) is 10.2. The Labute approximate surface area is 229 Å². The first-order valence-electron chi connectivity index (χ1n) is 13.5. The van der Waals surface area contributed by atoms with E-state index in [0.29, 0.717) is 31.0 Å². The van der Waals surface area contributed by atoms with Crippen LogP contribution in [0, 0.1) is 11.8 Å². The normalized spacial score (nSPS) is 17.9. The van der Waals surface area contributed by atoms with Gasteiger partial charge in [-0.15, -0.1) is 0 Å². The summed E-state index contributed by atoms with van der Waals surface area (Å²) in [5.74, 6) is 0.372. The number of alkyl halides is 3. The van der Waals surface area contributed by atoms with Crippen LogP contribution in [0.2, 0.25) is 0 Å². The fourth-order valence-electron chi connectivity index (χ4n) is 4.49. The number of aldehydes is 1. The lowest BCUT2D eigenvalue weighted by Crippen LogP contribution is -2.21. The number of ether oxygens (including phenoxy) is 1. The number of benzene rings is 1. The van der Waals surface area contributed by atoms with E-state index in [9.17, 15) is 27.9 Å². The summed E-state index contributed by atoms with van der Waals surface area (Å²) in [7, 11) is 0. The predicted molar refractivity (Wildman–Crippen MR) is 144 cm³/mol. The largest absolute Gasteiger partial charge is 0.462 e. The number of unbranched alkanes of at least 4 members (excludes halogenated alkanes) is 1. The van der Waals surface area contributed by atoms with Gasteiger partial charge >= 0.3 is 12.1 Å². The van der Waals surface area contributed by atoms with Gasteiger partial charge < -0.3 is 20.1 Å². The zero-order valence-electron chi connectivity index (χ0n) is 22.6. The molecule has 6 nitrogen and oxygen atoms in total. The van der Waals surface area contributed by atoms with E-state index in [1.807, 2.05) is 12.1 Å². The molecule has 1 fully saturated rings. The molecule has 0 spiro atoms. The first-order valence-corrected chi connectivity index (χ1v) is 13.5. The maximum absolute atomic E-state index is 12.2. The molecule has 0 radical (unpaired) electrons. The van der Waals surface area contributed by atoms with Crippen LogP contribution in [0.15, 0.2) is 48.6 Å². The van der Waals surface area contributed by atoms with Gasteiger partial charge in [-0.2, -0.15) is 13.2 Å². The van der Waals surface area contributed by atoms with Gasteiger partial charge in [0.1, 0.15) is 6.29 Å². The van der Waals surface area contributed by atoms with E-state index < -0.39 is 25.2 Å². The number of rotatable bonds is 15. The van der Waals surface area contributed by atoms with Crippen molar-refractivity contribution in [2.45, 2.75) is 76.3 Å². The van der Waals surface area contributed by atoms with E-state index in [4.69, 9.17) is 14.9 Å². The SMILES string of the molecule is C=C(C=O)CO.C=C(CO)C(=O)OCC(CO)CCC1CCC(c2ccc(CCCCC(F)(F)F)cc2)CC1. The Hall–Kier alpha value is -2.49. The number of halogens is 3. The highest BCUT2D eigenvalue weighted by Crippen LogP contribution is 2.38. The van der Waals surface area contributed by atoms with Gasteiger partial charge in [0.2, 0.25) is 0 Å². The number of esters is 1. The number of carbonyl (C=O) groups is 2. The highest BCUT2D eigenvalue weighted by atomic mass is 19.4. The Morgan fingerprint density at radius 1 is 1.03 bits per heavy atom. The van der Waals surface area contributed by atoms with Crippen molar-refractivity contribution >= 4 is 12.3 Å². The summed E-state index contributed by atoms with van der Waals surface area (Å²) in [6, 6.07) is 8.35. The molecule has 0 amide bonds. The van der Waals surface area contributed by atoms with Gasteiger partial charge in [0, 0.05) is 24.5 Å². The van der Waals surface area contributed by atoms with Gasteiger partial charge in [0.05, 0.1) is 25.4 Å². The molecule has 1 saturated carbocycles. The topological polar surface area (TPSA) is 104 Å². The molecule has 0 saturated heterocycles. The minimum Gasteiger partial charge on any atom is -0.462 e. The summed E-state index contributed by atoms with van der Waals surface area (Å²) >= 11 is 0. The van der Waals surface area contributed by atoms with Crippen LogP contribution in [0.1, 0.15) is 74.8 Å². The van der Waals surface area contributed by atoms with Crippen LogP contribution in [0.4, 0.5) is 13.2 Å². The molecule has 1 aromatic carbocycles. The molecular weight excluding hydrogens is 513 g/mol. The molecule has 2 rings (SSSR count). The maximum atomic E-state index is 12.2. The summed E-state index contributed by atoms with van der Waals surface area (Å²) < 4.78 is 41.8. The number of hydrogen-bond acceptors (Lipinski definition) is 6. The van der Waals surface area contributed by atoms with Crippen LogP contribution in [0.5, 0.6) is 0 Å². The van der Waals surface area contributed by atoms with E-state index in [2.05, 4.69) is 25.3 Å². The highest BCUT2D eigenvalue weighted by Gasteiger charge is 2.26. The molecule has 1 aliphatic rings. The lowest BCUT2D eigenvalue weighted by atomic mass is 9.76. The summed E-state index contributed by atoms with van der Waals surface area (Å²) in [6.07, 6.45) is 3.35. The highest BCUT2D eigenvalue weighted by molar-refractivity contribution is 5.87. The average Bonchev–Trinajstić information content (AvgIpc) is 2.94. The van der Waals surface area contributed by atoms with Crippen molar-refractivity contribution in [1.82, 2.24) is 0 Å². The van der Waals surface area contributed by atoms with Gasteiger partial charge in [0.25, 0.3) is 0 Å². The third kappa shape index (κ3) is 15.0. The fourth-order valence-corrected chi connectivity index (χ4v) is 4.49. The van der Waals surface area contributed by atoms with Crippen LogP contribution in [0.25, 0.3) is 0 Å². The molecule has 9 heteroatoms. The van der Waals surface area contributed by atoms with Gasteiger partial charge in [-0.25, -0.2) is 4.79 Å². The minimum atomic E-state index is -4.07. The van der Waals surface area contributed by atoms with Crippen molar-refractivity contribution in [3.05, 3.63) is 59.7 Å². The predicted octanol–water partition coefficient (Wildman–Crippen LogP) is 5.45. The van der Waals surface area contributed by atoms with Crippen molar-refractivity contribution in [3.8, 4) is 0 Å². The first kappa shape index (κ1) is 34.5. The Morgan fingerprint density at radius 2 is 1.67 bits per heavy atom. The van der Waals surface area contributed by atoms with Crippen molar-refractivity contribution in [2.24, 2.45) is 11.8 Å². The monoisotopic (exact) mass is 556 g/mol. The molecule has 0 heterocycles. The number of aliphatic hydroxyl groups excluding tert-OH is 3. The summed E-state index contributed by atoms with van der Waals surface area (Å²) in [6.45, 7) is 6.03. The Balaban J connectivity index is 0.00000113. The van der Waals surface area contributed by atoms with E-state index in [1.165, 1.54) is 5.56 Å². The summed E-state index contributed by atoms with van der Waals surface area (Å²) in [4.78, 5) is 21.1. The molecule has 1 unspecified atom stereocenters. The molecular formula is C30H43F3O6. The zero-order valence-corrected chi connectivity index (χ0v) is 22.6. The number of hydrogen-bond donors (Lipinski definition) is 3. The lowest BCUT2D eigenvalue weighted by molar-refractivity contribution is -0.141. The van der Waals surface area contributed by atoms with Gasteiger partial charge in [-0.1, -0.05) is 37.4 Å². The van der Waals surface area contributed by atoms with Crippen LogP contribution in [0.3, 0.4) is 0 Å². The Kier molecular flexibility index (Phi) is 16.6. The second kappa shape index (κ2) is 18.7. The third-order valence-electron chi connectivity index (χ3n) is 7.01. The zero-order chi connectivity index (χ0) is 29.3. The molecule has 0 aliphatic heterocycles. The van der Waals surface area contributed by atoms with Crippen LogP contribution >= 0.6 is 0 Å². The second-order valence-corrected chi connectivity index (χ2v) is 10.2. The maximum Gasteiger partial charge on any atom is 0.389 e. The fraction of sp³-hybridized carbons (Fsp3) is 0.600. The average molecular weight is 557 g/mol. The molecule has 3 N–H and O–H groups in total. The van der Waals surface area contributed by atoms with Crippen molar-refractivity contribution < 1.29 is 42.8 Å². The Bertz CT molecular complexity index is 874. The quantitative estimate of drug-likeness (QED) is 0.115. The van der Waals surface area contributed by atoms with Gasteiger partial charge in [0.15, 0.2) is 0 Å². The van der Waals surface area contributed by atoms with E-state index >= 15 is 0 Å². The van der Waals surface area contributed by atoms with Crippen molar-refractivity contribution in [3.63, 3.8) is 0 Å². The lowest BCUT2D eigenvalue weighted by Gasteiger charge is -2.29. The summed E-state index contributed by atoms with van der Waals surface area (Å²) in [5.41, 5.74) is 2.62. The molecule has 1 atom stereocenters. The van der Waals surface area contributed by atoms with Crippen LogP contribution < -0.4 is 0 Å². The first-order chi connectivity index (χ1) is 18.5. The smallest absolute Gasteiger partial charge is 0.389 e. The molecule has 1 aliphatic carbocycles. The molecule has 0 aromatic heterocycles. The third-order valence-corrected chi connectivity index (χ3v) is 7.01.